The number of hydrogen-bond acceptors (Lipinski definition) is 7. The number of rotatable bonds is 10. The summed E-state index contributed by atoms with van der Waals surface area (Å²) in [6.07, 6.45) is 0.771. The van der Waals surface area contributed by atoms with E-state index in [2.05, 4.69) is 39.7 Å². The van der Waals surface area contributed by atoms with Gasteiger partial charge in [-0.2, -0.15) is 0 Å². The molecule has 3 aromatic rings. The van der Waals surface area contributed by atoms with Gasteiger partial charge in [-0.05, 0) is 42.9 Å². The third-order valence-corrected chi connectivity index (χ3v) is 5.84. The van der Waals surface area contributed by atoms with Crippen LogP contribution in [0.5, 0.6) is 0 Å². The number of nitrogens with zero attached hydrogens (tertiary/aromatic N) is 2. The Hall–Kier alpha value is -3.49. The largest absolute Gasteiger partial charge is 0.382 e. The van der Waals surface area contributed by atoms with Gasteiger partial charge in [-0.15, -0.1) is 0 Å². The van der Waals surface area contributed by atoms with Crippen molar-refractivity contribution in [1.82, 2.24) is 20.6 Å². The molecule has 0 unspecified atom stereocenters. The summed E-state index contributed by atoms with van der Waals surface area (Å²) in [6, 6.07) is 15.7. The van der Waals surface area contributed by atoms with Gasteiger partial charge in [0.15, 0.2) is 28.3 Å². The van der Waals surface area contributed by atoms with Crippen molar-refractivity contribution >= 4 is 34.9 Å². The number of carbonyl (C=O) groups is 2. The zero-order valence-electron chi connectivity index (χ0n) is 19.3. The van der Waals surface area contributed by atoms with Crippen LogP contribution >= 0.6 is 11.6 Å². The molecule has 0 saturated carbocycles. The van der Waals surface area contributed by atoms with Crippen molar-refractivity contribution in [3.05, 3.63) is 81.6 Å². The maximum atomic E-state index is 12.7. The summed E-state index contributed by atoms with van der Waals surface area (Å²) < 4.78 is 0. The SMILES string of the molecule is CC(=O)c1ccc(CNC[C@H](CNC(=O)c2nc(Cl)c(N)nc2N)Cc2ccccc2C)cc1. The van der Waals surface area contributed by atoms with Gasteiger partial charge in [0.2, 0.25) is 0 Å². The zero-order valence-corrected chi connectivity index (χ0v) is 20.0. The number of aryl methyl sites for hydroxylation is 1. The number of nitrogen functional groups attached to an aromatic ring is 2. The first-order valence-corrected chi connectivity index (χ1v) is 11.3. The van der Waals surface area contributed by atoms with Gasteiger partial charge < -0.3 is 22.1 Å². The van der Waals surface area contributed by atoms with Crippen LogP contribution in [0.1, 0.15) is 44.5 Å². The Bertz CT molecular complexity index is 1170. The number of halogens is 1. The second kappa shape index (κ2) is 11.6. The third kappa shape index (κ3) is 6.76. The number of nitrogens with two attached hydrogens (primary N) is 2. The number of hydrogen-bond donors (Lipinski definition) is 4. The summed E-state index contributed by atoms with van der Waals surface area (Å²) in [5.41, 5.74) is 15.5. The molecular weight excluding hydrogens is 452 g/mol. The lowest BCUT2D eigenvalue weighted by atomic mass is 9.95. The van der Waals surface area contributed by atoms with Crippen molar-refractivity contribution < 1.29 is 9.59 Å². The highest BCUT2D eigenvalue weighted by Crippen LogP contribution is 2.18. The van der Waals surface area contributed by atoms with E-state index in [1.54, 1.807) is 6.92 Å². The lowest BCUT2D eigenvalue weighted by molar-refractivity contribution is 0.0941. The molecular formula is C25H29ClN6O2. The molecule has 34 heavy (non-hydrogen) atoms. The second-order valence-electron chi connectivity index (χ2n) is 8.22. The number of anilines is 2. The minimum Gasteiger partial charge on any atom is -0.382 e. The Kier molecular flexibility index (Phi) is 8.56. The zero-order chi connectivity index (χ0) is 24.7. The van der Waals surface area contributed by atoms with Gasteiger partial charge in [-0.1, -0.05) is 60.1 Å². The number of benzene rings is 2. The van der Waals surface area contributed by atoms with Crippen molar-refractivity contribution in [1.29, 1.82) is 0 Å². The first-order valence-electron chi connectivity index (χ1n) is 11.0. The number of amides is 1. The first kappa shape index (κ1) is 25.1. The van der Waals surface area contributed by atoms with E-state index in [1.807, 2.05) is 36.4 Å². The Morgan fingerprint density at radius 1 is 1.00 bits per heavy atom. The summed E-state index contributed by atoms with van der Waals surface area (Å²) in [5.74, 6) is -0.404. The minimum absolute atomic E-state index is 0.0197. The molecule has 3 rings (SSSR count). The van der Waals surface area contributed by atoms with Crippen LogP contribution in [0.15, 0.2) is 48.5 Å². The molecule has 0 fully saturated rings. The maximum Gasteiger partial charge on any atom is 0.273 e. The predicted octanol–water partition coefficient (Wildman–Crippen LogP) is 3.18. The molecule has 0 radical (unpaired) electrons. The van der Waals surface area contributed by atoms with Crippen LogP contribution in [0.2, 0.25) is 5.15 Å². The molecule has 178 valence electrons. The molecule has 9 heteroatoms. The predicted molar refractivity (Wildman–Crippen MR) is 135 cm³/mol. The van der Waals surface area contributed by atoms with E-state index in [0.717, 1.165) is 12.0 Å². The number of ketones is 1. The summed E-state index contributed by atoms with van der Waals surface area (Å²) in [7, 11) is 0. The van der Waals surface area contributed by atoms with Crippen LogP contribution in [0.4, 0.5) is 11.6 Å². The smallest absolute Gasteiger partial charge is 0.273 e. The molecule has 0 saturated heterocycles. The average molecular weight is 481 g/mol. The fourth-order valence-corrected chi connectivity index (χ4v) is 3.70. The first-order chi connectivity index (χ1) is 16.2. The molecule has 0 bridgehead atoms. The summed E-state index contributed by atoms with van der Waals surface area (Å²) in [4.78, 5) is 32.0. The topological polar surface area (TPSA) is 136 Å². The summed E-state index contributed by atoms with van der Waals surface area (Å²) >= 11 is 5.91. The molecule has 0 spiro atoms. The number of aromatic nitrogens is 2. The van der Waals surface area contributed by atoms with E-state index in [9.17, 15) is 9.59 Å². The summed E-state index contributed by atoms with van der Waals surface area (Å²) in [5, 5.41) is 6.29. The van der Waals surface area contributed by atoms with Gasteiger partial charge in [0.05, 0.1) is 0 Å². The van der Waals surface area contributed by atoms with E-state index in [-0.39, 0.29) is 34.2 Å². The van der Waals surface area contributed by atoms with Gasteiger partial charge in [-0.3, -0.25) is 9.59 Å². The van der Waals surface area contributed by atoms with Crippen molar-refractivity contribution in [2.45, 2.75) is 26.8 Å². The normalized spacial score (nSPS) is 11.7. The van der Waals surface area contributed by atoms with E-state index in [4.69, 9.17) is 23.1 Å². The fraction of sp³-hybridized carbons (Fsp3) is 0.280. The Morgan fingerprint density at radius 2 is 1.71 bits per heavy atom. The third-order valence-electron chi connectivity index (χ3n) is 5.56. The van der Waals surface area contributed by atoms with Crippen molar-refractivity contribution in [3.63, 3.8) is 0 Å². The Labute approximate surface area is 204 Å². The maximum absolute atomic E-state index is 12.7. The highest BCUT2D eigenvalue weighted by molar-refractivity contribution is 6.31. The lowest BCUT2D eigenvalue weighted by Crippen LogP contribution is -2.36. The van der Waals surface area contributed by atoms with Crippen LogP contribution in [0, 0.1) is 12.8 Å². The van der Waals surface area contributed by atoms with Crippen LogP contribution in [-0.4, -0.2) is 34.7 Å². The van der Waals surface area contributed by atoms with E-state index >= 15 is 0 Å². The Balaban J connectivity index is 1.65. The van der Waals surface area contributed by atoms with Crippen LogP contribution in [-0.2, 0) is 13.0 Å². The average Bonchev–Trinajstić information content (AvgIpc) is 2.81. The van der Waals surface area contributed by atoms with Crippen LogP contribution in [0.25, 0.3) is 0 Å². The Morgan fingerprint density at radius 3 is 2.38 bits per heavy atom. The van der Waals surface area contributed by atoms with E-state index in [0.29, 0.717) is 25.2 Å². The van der Waals surface area contributed by atoms with Gasteiger partial charge >= 0.3 is 0 Å². The fourth-order valence-electron chi connectivity index (χ4n) is 3.57. The molecule has 0 aliphatic heterocycles. The molecule has 8 nitrogen and oxygen atoms in total. The van der Waals surface area contributed by atoms with Crippen molar-refractivity contribution in [2.75, 3.05) is 24.6 Å². The van der Waals surface area contributed by atoms with Crippen LogP contribution in [0.3, 0.4) is 0 Å². The monoisotopic (exact) mass is 480 g/mol. The molecule has 1 amide bonds. The van der Waals surface area contributed by atoms with Crippen molar-refractivity contribution in [2.24, 2.45) is 5.92 Å². The second-order valence-corrected chi connectivity index (χ2v) is 8.58. The van der Waals surface area contributed by atoms with E-state index in [1.165, 1.54) is 11.1 Å². The minimum atomic E-state index is -0.457. The molecule has 1 heterocycles. The van der Waals surface area contributed by atoms with Gasteiger partial charge in [-0.25, -0.2) is 9.97 Å². The molecule has 2 aromatic carbocycles. The highest BCUT2D eigenvalue weighted by atomic mass is 35.5. The molecule has 0 aliphatic rings. The summed E-state index contributed by atoms with van der Waals surface area (Å²) in [6.45, 7) is 5.32. The highest BCUT2D eigenvalue weighted by Gasteiger charge is 2.18. The standard InChI is InChI=1S/C25H29ClN6O2/c1-15-5-3-4-6-20(15)11-18(13-29-12-17-7-9-19(10-8-17)16(2)33)14-30-25(34)21-23(27)32-24(28)22(26)31-21/h3-10,18,29H,11-14H2,1-2H3,(H,30,34)(H4,27,28,32)/t18-/m1/s1. The van der Waals surface area contributed by atoms with Crippen LogP contribution < -0.4 is 22.1 Å². The quantitative estimate of drug-likeness (QED) is 0.327. The van der Waals surface area contributed by atoms with Crippen molar-refractivity contribution in [3.8, 4) is 0 Å². The molecule has 6 N–H and O–H groups in total. The molecule has 1 atom stereocenters. The molecule has 1 aromatic heterocycles. The van der Waals surface area contributed by atoms with Gasteiger partial charge in [0.25, 0.3) is 5.91 Å². The number of Topliss-reactive ketones (excluding diaryl/α,β-unsaturated/α-hetero) is 1. The van der Waals surface area contributed by atoms with E-state index < -0.39 is 5.91 Å². The molecule has 0 aliphatic carbocycles. The number of nitrogens with one attached hydrogen (secondary N) is 2. The number of carbonyl (C=O) groups excluding carboxylic acids is 2. The lowest BCUT2D eigenvalue weighted by Gasteiger charge is -2.20. The van der Waals surface area contributed by atoms with Gasteiger partial charge in [0.1, 0.15) is 0 Å². The van der Waals surface area contributed by atoms with Gasteiger partial charge in [0, 0.05) is 25.2 Å².